The number of rotatable bonds is 2. The molecule has 2 N–H and O–H groups in total. The van der Waals surface area contributed by atoms with Gasteiger partial charge in [0.1, 0.15) is 4.90 Å². The molecular formula is C12H15Cl2F3N2O2S. The Bertz CT molecular complexity index is 638. The van der Waals surface area contributed by atoms with Crippen LogP contribution in [0.15, 0.2) is 23.1 Å². The monoisotopic (exact) mass is 378 g/mol. The van der Waals surface area contributed by atoms with Crippen LogP contribution < -0.4 is 5.73 Å². The summed E-state index contributed by atoms with van der Waals surface area (Å²) in [5.41, 5.74) is 4.67. The van der Waals surface area contributed by atoms with Crippen LogP contribution in [0.5, 0.6) is 0 Å². The molecule has 22 heavy (non-hydrogen) atoms. The SMILES string of the molecule is Cl.NC1CCCN(S(=O)(=O)c2cc(C(F)(F)F)ccc2Cl)C1. The molecule has 1 aromatic carbocycles. The molecule has 0 saturated carbocycles. The molecule has 10 heteroatoms. The van der Waals surface area contributed by atoms with E-state index in [1.807, 2.05) is 0 Å². The highest BCUT2D eigenvalue weighted by Gasteiger charge is 2.35. The summed E-state index contributed by atoms with van der Waals surface area (Å²) in [5, 5.41) is -0.234. The van der Waals surface area contributed by atoms with Gasteiger partial charge in [-0.3, -0.25) is 0 Å². The maximum absolute atomic E-state index is 12.7. The number of benzene rings is 1. The summed E-state index contributed by atoms with van der Waals surface area (Å²) in [6.07, 6.45) is -3.38. The van der Waals surface area contributed by atoms with Crippen LogP contribution in [0, 0.1) is 0 Å². The number of nitrogens with two attached hydrogens (primary N) is 1. The Labute approximate surface area is 137 Å². The predicted octanol–water partition coefficient (Wildman–Crippen LogP) is 2.89. The fraction of sp³-hybridized carbons (Fsp3) is 0.500. The minimum Gasteiger partial charge on any atom is -0.327 e. The first-order chi connectivity index (χ1) is 9.62. The van der Waals surface area contributed by atoms with Gasteiger partial charge in [0.2, 0.25) is 10.0 Å². The lowest BCUT2D eigenvalue weighted by Crippen LogP contribution is -2.45. The van der Waals surface area contributed by atoms with E-state index in [1.54, 1.807) is 0 Å². The van der Waals surface area contributed by atoms with Crippen LogP contribution in [0.3, 0.4) is 0 Å². The summed E-state index contributed by atoms with van der Waals surface area (Å²) in [4.78, 5) is -0.534. The van der Waals surface area contributed by atoms with E-state index in [0.717, 1.165) is 16.4 Å². The van der Waals surface area contributed by atoms with Gasteiger partial charge in [-0.1, -0.05) is 11.6 Å². The normalized spacial score (nSPS) is 20.5. The number of piperidine rings is 1. The molecule has 1 atom stereocenters. The van der Waals surface area contributed by atoms with E-state index in [-0.39, 0.29) is 36.6 Å². The van der Waals surface area contributed by atoms with Crippen molar-refractivity contribution >= 4 is 34.0 Å². The molecule has 0 amide bonds. The van der Waals surface area contributed by atoms with Crippen molar-refractivity contribution in [1.29, 1.82) is 0 Å². The van der Waals surface area contributed by atoms with Crippen molar-refractivity contribution in [2.24, 2.45) is 5.73 Å². The summed E-state index contributed by atoms with van der Waals surface area (Å²) in [5.74, 6) is 0. The van der Waals surface area contributed by atoms with Crippen LogP contribution in [0.4, 0.5) is 13.2 Å². The van der Waals surface area contributed by atoms with Gasteiger partial charge in [0.05, 0.1) is 10.6 Å². The molecule has 0 aromatic heterocycles. The molecule has 1 heterocycles. The molecule has 4 nitrogen and oxygen atoms in total. The van der Waals surface area contributed by atoms with Crippen molar-refractivity contribution in [3.05, 3.63) is 28.8 Å². The first-order valence-corrected chi connectivity index (χ1v) is 8.06. The van der Waals surface area contributed by atoms with Crippen LogP contribution in [-0.2, 0) is 16.2 Å². The van der Waals surface area contributed by atoms with Crippen molar-refractivity contribution in [2.45, 2.75) is 30.0 Å². The zero-order valence-corrected chi connectivity index (χ0v) is 13.7. The van der Waals surface area contributed by atoms with Gasteiger partial charge in [-0.25, -0.2) is 8.42 Å². The Hall–Kier alpha value is -0.540. The van der Waals surface area contributed by atoms with Gasteiger partial charge >= 0.3 is 6.18 Å². The number of halogens is 5. The van der Waals surface area contributed by atoms with Crippen molar-refractivity contribution in [2.75, 3.05) is 13.1 Å². The van der Waals surface area contributed by atoms with Gasteiger partial charge in [-0.15, -0.1) is 12.4 Å². The van der Waals surface area contributed by atoms with Crippen LogP contribution in [0.2, 0.25) is 5.02 Å². The molecule has 0 radical (unpaired) electrons. The average Bonchev–Trinajstić information content (AvgIpc) is 2.37. The van der Waals surface area contributed by atoms with Gasteiger partial charge in [0, 0.05) is 19.1 Å². The summed E-state index contributed by atoms with van der Waals surface area (Å²) in [7, 11) is -4.09. The fourth-order valence-electron chi connectivity index (χ4n) is 2.21. The minimum absolute atomic E-state index is 0. The fourth-order valence-corrected chi connectivity index (χ4v) is 4.24. The molecule has 1 saturated heterocycles. The smallest absolute Gasteiger partial charge is 0.327 e. The Morgan fingerprint density at radius 2 is 1.95 bits per heavy atom. The molecule has 126 valence electrons. The highest BCUT2D eigenvalue weighted by atomic mass is 35.5. The number of sulfonamides is 1. The van der Waals surface area contributed by atoms with E-state index in [9.17, 15) is 21.6 Å². The Morgan fingerprint density at radius 1 is 1.32 bits per heavy atom. The van der Waals surface area contributed by atoms with Gasteiger partial charge in [0.15, 0.2) is 0 Å². The van der Waals surface area contributed by atoms with E-state index < -0.39 is 26.7 Å². The highest BCUT2D eigenvalue weighted by molar-refractivity contribution is 7.89. The van der Waals surface area contributed by atoms with E-state index in [0.29, 0.717) is 18.9 Å². The molecule has 0 aliphatic carbocycles. The first-order valence-electron chi connectivity index (χ1n) is 6.25. The van der Waals surface area contributed by atoms with E-state index in [2.05, 4.69) is 0 Å². The highest BCUT2D eigenvalue weighted by Crippen LogP contribution is 2.34. The summed E-state index contributed by atoms with van der Waals surface area (Å²) in [6, 6.07) is 1.94. The number of hydrogen-bond acceptors (Lipinski definition) is 3. The van der Waals surface area contributed by atoms with Crippen LogP contribution in [-0.4, -0.2) is 31.9 Å². The summed E-state index contributed by atoms with van der Waals surface area (Å²) >= 11 is 5.78. The molecule has 1 fully saturated rings. The topological polar surface area (TPSA) is 63.4 Å². The maximum atomic E-state index is 12.7. The zero-order valence-electron chi connectivity index (χ0n) is 11.3. The van der Waals surface area contributed by atoms with Crippen molar-refractivity contribution in [3.8, 4) is 0 Å². The Kier molecular flexibility index (Phi) is 6.14. The first kappa shape index (κ1) is 19.5. The van der Waals surface area contributed by atoms with E-state index in [1.165, 1.54) is 0 Å². The molecular weight excluding hydrogens is 364 g/mol. The van der Waals surface area contributed by atoms with Crippen LogP contribution in [0.25, 0.3) is 0 Å². The maximum Gasteiger partial charge on any atom is 0.416 e. The standard InChI is InChI=1S/C12H14ClF3N2O2S.ClH/c13-10-4-3-8(12(14,15)16)6-11(10)21(19,20)18-5-1-2-9(17)7-18;/h3-4,6,9H,1-2,5,7,17H2;1H. The second kappa shape index (κ2) is 6.92. The lowest BCUT2D eigenvalue weighted by molar-refractivity contribution is -0.137. The van der Waals surface area contributed by atoms with Crippen LogP contribution >= 0.6 is 24.0 Å². The Balaban J connectivity index is 0.00000242. The molecule has 2 rings (SSSR count). The Morgan fingerprint density at radius 3 is 2.50 bits per heavy atom. The lowest BCUT2D eigenvalue weighted by atomic mass is 10.1. The van der Waals surface area contributed by atoms with Crippen molar-refractivity contribution in [3.63, 3.8) is 0 Å². The van der Waals surface area contributed by atoms with E-state index in [4.69, 9.17) is 17.3 Å². The molecule has 1 unspecified atom stereocenters. The molecule has 1 aliphatic heterocycles. The second-order valence-electron chi connectivity index (χ2n) is 4.91. The number of alkyl halides is 3. The quantitative estimate of drug-likeness (QED) is 0.860. The zero-order chi connectivity index (χ0) is 15.8. The second-order valence-corrected chi connectivity index (χ2v) is 7.22. The van der Waals surface area contributed by atoms with Crippen LogP contribution in [0.1, 0.15) is 18.4 Å². The van der Waals surface area contributed by atoms with Gasteiger partial charge < -0.3 is 5.73 Å². The molecule has 1 aliphatic rings. The van der Waals surface area contributed by atoms with E-state index >= 15 is 0 Å². The molecule has 1 aromatic rings. The third-order valence-corrected chi connectivity index (χ3v) is 5.64. The molecule has 0 spiro atoms. The summed E-state index contributed by atoms with van der Waals surface area (Å²) < 4.78 is 64.2. The lowest BCUT2D eigenvalue weighted by Gasteiger charge is -2.30. The summed E-state index contributed by atoms with van der Waals surface area (Å²) in [6.45, 7) is 0.303. The van der Waals surface area contributed by atoms with Crippen molar-refractivity contribution in [1.82, 2.24) is 4.31 Å². The third kappa shape index (κ3) is 4.05. The molecule has 0 bridgehead atoms. The predicted molar refractivity (Wildman–Crippen MR) is 79.7 cm³/mol. The largest absolute Gasteiger partial charge is 0.416 e. The third-order valence-electron chi connectivity index (χ3n) is 3.30. The van der Waals surface area contributed by atoms with Gasteiger partial charge in [-0.2, -0.15) is 17.5 Å². The van der Waals surface area contributed by atoms with Gasteiger partial charge in [0.25, 0.3) is 0 Å². The average molecular weight is 379 g/mol. The number of nitrogens with zero attached hydrogens (tertiary/aromatic N) is 1. The minimum atomic E-state index is -4.63. The number of hydrogen-bond donors (Lipinski definition) is 1. The van der Waals surface area contributed by atoms with Crippen molar-refractivity contribution < 1.29 is 21.6 Å². The van der Waals surface area contributed by atoms with Gasteiger partial charge in [-0.05, 0) is 31.0 Å².